The molecule has 1 aliphatic carbocycles. The van der Waals surface area contributed by atoms with Gasteiger partial charge in [-0.3, -0.25) is 4.98 Å². The van der Waals surface area contributed by atoms with Gasteiger partial charge in [0.25, 0.3) is 0 Å². The van der Waals surface area contributed by atoms with Gasteiger partial charge in [-0.15, -0.1) is 0 Å². The first kappa shape index (κ1) is 13.3. The zero-order chi connectivity index (χ0) is 13.8. The highest BCUT2D eigenvalue weighted by atomic mass is 15.0. The quantitative estimate of drug-likeness (QED) is 0.897. The summed E-state index contributed by atoms with van der Waals surface area (Å²) < 4.78 is 0. The number of benzene rings is 1. The average Bonchev–Trinajstić information content (AvgIpc) is 2.53. The molecule has 1 aromatic carbocycles. The molecule has 0 bridgehead atoms. The van der Waals surface area contributed by atoms with Crippen LogP contribution in [0, 0.1) is 0 Å². The van der Waals surface area contributed by atoms with E-state index in [0.717, 1.165) is 6.42 Å². The maximum Gasteiger partial charge on any atom is 0.0605 e. The second-order valence-corrected chi connectivity index (χ2v) is 5.53. The van der Waals surface area contributed by atoms with Gasteiger partial charge in [-0.25, -0.2) is 0 Å². The number of rotatable bonds is 4. The predicted octanol–water partition coefficient (Wildman–Crippen LogP) is 4.20. The van der Waals surface area contributed by atoms with Crippen LogP contribution in [0.2, 0.25) is 0 Å². The van der Waals surface area contributed by atoms with E-state index in [0.29, 0.717) is 12.1 Å². The Morgan fingerprint density at radius 3 is 2.85 bits per heavy atom. The van der Waals surface area contributed by atoms with E-state index in [2.05, 4.69) is 59.7 Å². The monoisotopic (exact) mass is 266 g/mol. The van der Waals surface area contributed by atoms with Crippen molar-refractivity contribution in [3.8, 4) is 0 Å². The first-order valence-electron chi connectivity index (χ1n) is 7.63. The molecule has 2 atom stereocenters. The summed E-state index contributed by atoms with van der Waals surface area (Å²) in [6, 6.07) is 15.8. The minimum absolute atomic E-state index is 0.394. The minimum Gasteiger partial charge on any atom is -0.302 e. The molecule has 0 amide bonds. The van der Waals surface area contributed by atoms with Crippen LogP contribution < -0.4 is 5.32 Å². The van der Waals surface area contributed by atoms with Crippen molar-refractivity contribution in [3.05, 3.63) is 65.5 Å². The van der Waals surface area contributed by atoms with Crippen LogP contribution in [0.1, 0.15) is 55.1 Å². The van der Waals surface area contributed by atoms with Crippen LogP contribution in [0.5, 0.6) is 0 Å². The van der Waals surface area contributed by atoms with Crippen molar-refractivity contribution in [1.82, 2.24) is 10.3 Å². The SMILES string of the molecule is CC[C@@H](N[C@@H]1CCCc2cccnc21)c1ccccc1. The lowest BCUT2D eigenvalue weighted by atomic mass is 9.90. The van der Waals surface area contributed by atoms with Gasteiger partial charge < -0.3 is 5.32 Å². The van der Waals surface area contributed by atoms with Crippen LogP contribution >= 0.6 is 0 Å². The maximum absolute atomic E-state index is 4.62. The second-order valence-electron chi connectivity index (χ2n) is 5.53. The molecule has 1 N–H and O–H groups in total. The van der Waals surface area contributed by atoms with E-state index >= 15 is 0 Å². The van der Waals surface area contributed by atoms with Crippen molar-refractivity contribution in [2.75, 3.05) is 0 Å². The lowest BCUT2D eigenvalue weighted by molar-refractivity contribution is 0.385. The van der Waals surface area contributed by atoms with E-state index in [1.807, 2.05) is 6.20 Å². The molecule has 2 aromatic rings. The van der Waals surface area contributed by atoms with E-state index in [9.17, 15) is 0 Å². The lowest BCUT2D eigenvalue weighted by Gasteiger charge is -2.29. The Bertz CT molecular complexity index is 550. The number of nitrogens with zero attached hydrogens (tertiary/aromatic N) is 1. The lowest BCUT2D eigenvalue weighted by Crippen LogP contribution is -2.29. The Hall–Kier alpha value is -1.67. The Kier molecular flexibility index (Phi) is 4.12. The highest BCUT2D eigenvalue weighted by molar-refractivity contribution is 5.26. The Morgan fingerprint density at radius 1 is 1.20 bits per heavy atom. The van der Waals surface area contributed by atoms with Crippen molar-refractivity contribution >= 4 is 0 Å². The fraction of sp³-hybridized carbons (Fsp3) is 0.389. The summed E-state index contributed by atoms with van der Waals surface area (Å²) in [6.45, 7) is 2.24. The smallest absolute Gasteiger partial charge is 0.0605 e. The van der Waals surface area contributed by atoms with E-state index in [1.54, 1.807) is 0 Å². The molecule has 0 spiro atoms. The largest absolute Gasteiger partial charge is 0.302 e. The Balaban J connectivity index is 1.81. The van der Waals surface area contributed by atoms with Gasteiger partial charge in [0.2, 0.25) is 0 Å². The van der Waals surface area contributed by atoms with Crippen LogP contribution in [-0.2, 0) is 6.42 Å². The Labute approximate surface area is 121 Å². The van der Waals surface area contributed by atoms with Crippen molar-refractivity contribution in [1.29, 1.82) is 0 Å². The molecule has 0 saturated carbocycles. The van der Waals surface area contributed by atoms with Gasteiger partial charge in [0.15, 0.2) is 0 Å². The van der Waals surface area contributed by atoms with Crippen LogP contribution in [0.25, 0.3) is 0 Å². The third kappa shape index (κ3) is 2.75. The number of hydrogen-bond acceptors (Lipinski definition) is 2. The van der Waals surface area contributed by atoms with E-state index in [4.69, 9.17) is 0 Å². The fourth-order valence-electron chi connectivity index (χ4n) is 3.15. The van der Waals surface area contributed by atoms with Gasteiger partial charge in [-0.05, 0) is 42.9 Å². The third-order valence-electron chi connectivity index (χ3n) is 4.21. The van der Waals surface area contributed by atoms with Crippen molar-refractivity contribution in [3.63, 3.8) is 0 Å². The zero-order valence-electron chi connectivity index (χ0n) is 12.0. The first-order valence-corrected chi connectivity index (χ1v) is 7.63. The second kappa shape index (κ2) is 6.19. The average molecular weight is 266 g/mol. The topological polar surface area (TPSA) is 24.9 Å². The predicted molar refractivity (Wildman–Crippen MR) is 82.5 cm³/mol. The summed E-state index contributed by atoms with van der Waals surface area (Å²) >= 11 is 0. The first-order chi connectivity index (χ1) is 9.88. The van der Waals surface area contributed by atoms with Crippen LogP contribution in [0.3, 0.4) is 0 Å². The minimum atomic E-state index is 0.394. The molecule has 0 unspecified atom stereocenters. The van der Waals surface area contributed by atoms with E-state index in [-0.39, 0.29) is 0 Å². The summed E-state index contributed by atoms with van der Waals surface area (Å²) in [7, 11) is 0. The molecule has 3 rings (SSSR count). The number of pyridine rings is 1. The van der Waals surface area contributed by atoms with Gasteiger partial charge in [0, 0.05) is 12.2 Å². The van der Waals surface area contributed by atoms with Gasteiger partial charge >= 0.3 is 0 Å². The van der Waals surface area contributed by atoms with Gasteiger partial charge in [-0.2, -0.15) is 0 Å². The highest BCUT2D eigenvalue weighted by Gasteiger charge is 2.23. The van der Waals surface area contributed by atoms with Crippen molar-refractivity contribution < 1.29 is 0 Å². The molecule has 0 radical (unpaired) electrons. The van der Waals surface area contributed by atoms with Crippen molar-refractivity contribution in [2.45, 2.75) is 44.7 Å². The number of fused-ring (bicyclic) bond motifs is 1. The molecule has 2 heteroatoms. The van der Waals surface area contributed by atoms with Crippen LogP contribution in [-0.4, -0.2) is 4.98 Å². The number of aryl methyl sites for hydroxylation is 1. The molecule has 2 nitrogen and oxygen atoms in total. The third-order valence-corrected chi connectivity index (χ3v) is 4.21. The molecule has 0 saturated heterocycles. The molecule has 1 aliphatic rings. The number of aromatic nitrogens is 1. The molecular weight excluding hydrogens is 244 g/mol. The molecular formula is C18H22N2. The van der Waals surface area contributed by atoms with E-state index < -0.39 is 0 Å². The standard InChI is InChI=1S/C18H22N2/c1-2-16(14-8-4-3-5-9-14)20-17-12-6-10-15-11-7-13-19-18(15)17/h3-5,7-9,11,13,16-17,20H,2,6,10,12H2,1H3/t16-,17-/m1/s1. The van der Waals surface area contributed by atoms with Gasteiger partial charge in [0.1, 0.15) is 0 Å². The summed E-state index contributed by atoms with van der Waals surface area (Å²) in [5.41, 5.74) is 4.05. The normalized spacial score (nSPS) is 19.4. The molecule has 20 heavy (non-hydrogen) atoms. The highest BCUT2D eigenvalue weighted by Crippen LogP contribution is 2.30. The zero-order valence-corrected chi connectivity index (χ0v) is 12.0. The van der Waals surface area contributed by atoms with E-state index in [1.165, 1.54) is 36.1 Å². The summed E-state index contributed by atoms with van der Waals surface area (Å²) in [4.78, 5) is 4.62. The number of nitrogens with one attached hydrogen (secondary N) is 1. The fourth-order valence-corrected chi connectivity index (χ4v) is 3.15. The van der Waals surface area contributed by atoms with Crippen LogP contribution in [0.15, 0.2) is 48.7 Å². The van der Waals surface area contributed by atoms with Crippen molar-refractivity contribution in [2.24, 2.45) is 0 Å². The molecule has 104 valence electrons. The van der Waals surface area contributed by atoms with Gasteiger partial charge in [0.05, 0.1) is 11.7 Å². The van der Waals surface area contributed by atoms with Crippen LogP contribution in [0.4, 0.5) is 0 Å². The molecule has 0 aliphatic heterocycles. The Morgan fingerprint density at radius 2 is 2.05 bits per heavy atom. The number of hydrogen-bond donors (Lipinski definition) is 1. The van der Waals surface area contributed by atoms with Gasteiger partial charge in [-0.1, -0.05) is 43.3 Å². The maximum atomic E-state index is 4.62. The molecule has 1 heterocycles. The molecule has 0 fully saturated rings. The summed E-state index contributed by atoms with van der Waals surface area (Å²) in [5.74, 6) is 0. The molecule has 1 aromatic heterocycles. The summed E-state index contributed by atoms with van der Waals surface area (Å²) in [5, 5.41) is 3.82. The summed E-state index contributed by atoms with van der Waals surface area (Å²) in [6.07, 6.45) is 6.63.